The summed E-state index contributed by atoms with van der Waals surface area (Å²) in [5, 5.41) is 4.48. The number of carbonyl (C=O) groups excluding carboxylic acids is 1. The molecule has 1 amide bonds. The van der Waals surface area contributed by atoms with E-state index in [9.17, 15) is 4.79 Å². The number of carbonyl (C=O) groups is 1. The fourth-order valence-corrected chi connectivity index (χ4v) is 4.40. The number of ether oxygens (including phenoxy) is 2. The second-order valence-electron chi connectivity index (χ2n) is 7.46. The molecule has 2 aromatic rings. The maximum absolute atomic E-state index is 12.4. The van der Waals surface area contributed by atoms with E-state index >= 15 is 0 Å². The number of aromatic nitrogens is 1. The maximum atomic E-state index is 12.4. The van der Waals surface area contributed by atoms with Crippen LogP contribution in [0.25, 0.3) is 10.9 Å². The third-order valence-corrected chi connectivity index (χ3v) is 5.68. The molecule has 4 rings (SSSR count). The monoisotopic (exact) mass is 356 g/mol. The molecule has 1 aromatic heterocycles. The fraction of sp³-hybridized carbons (Fsp3) is 0.571. The van der Waals surface area contributed by atoms with Crippen molar-refractivity contribution in [3.63, 3.8) is 0 Å². The van der Waals surface area contributed by atoms with Crippen molar-refractivity contribution in [3.05, 3.63) is 30.0 Å². The number of hydrogen-bond acceptors (Lipinski definition) is 3. The molecule has 140 valence electrons. The van der Waals surface area contributed by atoms with Crippen LogP contribution in [0.2, 0.25) is 0 Å². The Morgan fingerprint density at radius 2 is 2.23 bits per heavy atom. The summed E-state index contributed by atoms with van der Waals surface area (Å²) in [6, 6.07) is 6.48. The first-order valence-corrected chi connectivity index (χ1v) is 9.90. The Morgan fingerprint density at radius 3 is 3.04 bits per heavy atom. The number of amides is 1. The van der Waals surface area contributed by atoms with Gasteiger partial charge in [-0.3, -0.25) is 4.79 Å². The van der Waals surface area contributed by atoms with Crippen molar-refractivity contribution in [1.82, 2.24) is 10.3 Å². The van der Waals surface area contributed by atoms with Crippen LogP contribution in [0.1, 0.15) is 56.9 Å². The lowest BCUT2D eigenvalue weighted by atomic mass is 9.81. The predicted octanol–water partition coefficient (Wildman–Crippen LogP) is 3.89. The molecule has 1 saturated heterocycles. The Bertz CT molecular complexity index is 764. The number of rotatable bonds is 5. The van der Waals surface area contributed by atoms with E-state index in [0.29, 0.717) is 19.1 Å². The number of hydrogen-bond donors (Lipinski definition) is 2. The lowest BCUT2D eigenvalue weighted by molar-refractivity contribution is -0.131. The molecule has 2 heterocycles. The van der Waals surface area contributed by atoms with E-state index in [2.05, 4.69) is 28.6 Å². The van der Waals surface area contributed by atoms with Gasteiger partial charge in [-0.2, -0.15) is 0 Å². The number of H-pyrrole nitrogens is 1. The third-order valence-electron chi connectivity index (χ3n) is 5.68. The van der Waals surface area contributed by atoms with Gasteiger partial charge in [-0.15, -0.1) is 0 Å². The standard InChI is InChI=1S/C21H28N2O3/c1-2-25-16-8-9-19-17(12-16)18(13-22-19)14-5-3-6-15(11-14)23-21(24)20-7-4-10-26-20/h8-9,12-15,20,22H,2-7,10-11H2,1H3,(H,23,24)/t14-,15+,20-/m0/s1. The highest BCUT2D eigenvalue weighted by atomic mass is 16.5. The predicted molar refractivity (Wildman–Crippen MR) is 102 cm³/mol. The molecular formula is C21H28N2O3. The van der Waals surface area contributed by atoms with Gasteiger partial charge in [-0.1, -0.05) is 6.42 Å². The van der Waals surface area contributed by atoms with Gasteiger partial charge < -0.3 is 19.8 Å². The highest BCUT2D eigenvalue weighted by molar-refractivity contribution is 5.85. The van der Waals surface area contributed by atoms with Gasteiger partial charge in [-0.25, -0.2) is 0 Å². The van der Waals surface area contributed by atoms with Crippen molar-refractivity contribution in [1.29, 1.82) is 0 Å². The zero-order valence-electron chi connectivity index (χ0n) is 15.4. The summed E-state index contributed by atoms with van der Waals surface area (Å²) in [5.41, 5.74) is 2.49. The minimum Gasteiger partial charge on any atom is -0.494 e. The zero-order chi connectivity index (χ0) is 17.9. The Morgan fingerprint density at radius 1 is 1.31 bits per heavy atom. The van der Waals surface area contributed by atoms with E-state index in [-0.39, 0.29) is 18.1 Å². The van der Waals surface area contributed by atoms with Gasteiger partial charge in [0, 0.05) is 29.7 Å². The minimum absolute atomic E-state index is 0.0747. The van der Waals surface area contributed by atoms with Crippen LogP contribution in [0, 0.1) is 0 Å². The molecule has 0 spiro atoms. The lowest BCUT2D eigenvalue weighted by Gasteiger charge is -2.30. The van der Waals surface area contributed by atoms with E-state index in [1.54, 1.807) is 0 Å². The zero-order valence-corrected chi connectivity index (χ0v) is 15.4. The van der Waals surface area contributed by atoms with E-state index in [4.69, 9.17) is 9.47 Å². The van der Waals surface area contributed by atoms with Gasteiger partial charge in [-0.05, 0) is 68.7 Å². The molecule has 26 heavy (non-hydrogen) atoms. The van der Waals surface area contributed by atoms with Gasteiger partial charge in [0.1, 0.15) is 11.9 Å². The number of aromatic amines is 1. The number of nitrogens with one attached hydrogen (secondary N) is 2. The average Bonchev–Trinajstić information content (AvgIpc) is 3.32. The third kappa shape index (κ3) is 3.58. The van der Waals surface area contributed by atoms with Crippen molar-refractivity contribution in [2.75, 3.05) is 13.2 Å². The second-order valence-corrected chi connectivity index (χ2v) is 7.46. The van der Waals surface area contributed by atoms with Crippen molar-refractivity contribution in [2.24, 2.45) is 0 Å². The molecular weight excluding hydrogens is 328 g/mol. The first-order valence-electron chi connectivity index (χ1n) is 9.90. The Balaban J connectivity index is 1.47. The topological polar surface area (TPSA) is 63.3 Å². The molecule has 2 fully saturated rings. The molecule has 0 bridgehead atoms. The van der Waals surface area contributed by atoms with E-state index in [0.717, 1.165) is 49.8 Å². The molecule has 1 aliphatic heterocycles. The summed E-state index contributed by atoms with van der Waals surface area (Å²) in [6.07, 6.45) is 8.09. The van der Waals surface area contributed by atoms with Crippen molar-refractivity contribution >= 4 is 16.8 Å². The SMILES string of the molecule is CCOc1ccc2[nH]cc([C@H]3CCC[C@@H](NC(=O)[C@@H]4CCCO4)C3)c2c1. The van der Waals surface area contributed by atoms with Crippen LogP contribution in [0.4, 0.5) is 0 Å². The van der Waals surface area contributed by atoms with Gasteiger partial charge >= 0.3 is 0 Å². The van der Waals surface area contributed by atoms with Crippen LogP contribution in [-0.2, 0) is 9.53 Å². The summed E-state index contributed by atoms with van der Waals surface area (Å²) >= 11 is 0. The van der Waals surface area contributed by atoms with E-state index in [1.807, 2.05) is 13.0 Å². The molecule has 1 saturated carbocycles. The Kier molecular flexibility index (Phi) is 5.16. The van der Waals surface area contributed by atoms with Gasteiger partial charge in [0.25, 0.3) is 0 Å². The molecule has 3 atom stereocenters. The highest BCUT2D eigenvalue weighted by Crippen LogP contribution is 2.37. The molecule has 0 radical (unpaired) electrons. The normalized spacial score (nSPS) is 26.1. The van der Waals surface area contributed by atoms with Crippen LogP contribution in [-0.4, -0.2) is 36.3 Å². The maximum Gasteiger partial charge on any atom is 0.249 e. The molecule has 0 unspecified atom stereocenters. The number of fused-ring (bicyclic) bond motifs is 1. The molecule has 5 nitrogen and oxygen atoms in total. The molecule has 1 aliphatic carbocycles. The van der Waals surface area contributed by atoms with Crippen LogP contribution in [0.5, 0.6) is 5.75 Å². The minimum atomic E-state index is -0.239. The molecule has 5 heteroatoms. The second kappa shape index (κ2) is 7.70. The molecule has 2 aliphatic rings. The number of benzene rings is 1. The fourth-order valence-electron chi connectivity index (χ4n) is 4.40. The summed E-state index contributed by atoms with van der Waals surface area (Å²) in [6.45, 7) is 3.39. The van der Waals surface area contributed by atoms with Crippen LogP contribution in [0.3, 0.4) is 0 Å². The van der Waals surface area contributed by atoms with Crippen LogP contribution in [0.15, 0.2) is 24.4 Å². The summed E-state index contributed by atoms with van der Waals surface area (Å²) in [7, 11) is 0. The lowest BCUT2D eigenvalue weighted by Crippen LogP contribution is -2.43. The quantitative estimate of drug-likeness (QED) is 0.854. The van der Waals surface area contributed by atoms with Crippen molar-refractivity contribution in [2.45, 2.75) is 63.5 Å². The van der Waals surface area contributed by atoms with Crippen molar-refractivity contribution in [3.8, 4) is 5.75 Å². The molecule has 1 aromatic carbocycles. The van der Waals surface area contributed by atoms with Gasteiger partial charge in [0.15, 0.2) is 0 Å². The summed E-state index contributed by atoms with van der Waals surface area (Å²) < 4.78 is 11.2. The average molecular weight is 356 g/mol. The van der Waals surface area contributed by atoms with Gasteiger partial charge in [0.2, 0.25) is 5.91 Å². The first kappa shape index (κ1) is 17.4. The van der Waals surface area contributed by atoms with E-state index < -0.39 is 0 Å². The van der Waals surface area contributed by atoms with Crippen molar-refractivity contribution < 1.29 is 14.3 Å². The smallest absolute Gasteiger partial charge is 0.249 e. The Labute approximate surface area is 154 Å². The summed E-state index contributed by atoms with van der Waals surface area (Å²) in [4.78, 5) is 15.8. The largest absolute Gasteiger partial charge is 0.494 e. The Hall–Kier alpha value is -2.01. The van der Waals surface area contributed by atoms with Gasteiger partial charge in [0.05, 0.1) is 6.61 Å². The highest BCUT2D eigenvalue weighted by Gasteiger charge is 2.29. The first-order chi connectivity index (χ1) is 12.7. The van der Waals surface area contributed by atoms with Crippen LogP contribution >= 0.6 is 0 Å². The van der Waals surface area contributed by atoms with Crippen LogP contribution < -0.4 is 10.1 Å². The summed E-state index contributed by atoms with van der Waals surface area (Å²) in [5.74, 6) is 1.45. The molecule has 2 N–H and O–H groups in total. The van der Waals surface area contributed by atoms with E-state index in [1.165, 1.54) is 10.9 Å².